The molecular formula is C18H22N6O4. The van der Waals surface area contributed by atoms with Crippen LogP contribution in [0.25, 0.3) is 0 Å². The summed E-state index contributed by atoms with van der Waals surface area (Å²) >= 11 is 0. The van der Waals surface area contributed by atoms with E-state index in [1.165, 1.54) is 0 Å². The maximum atomic E-state index is 13.2. The average molecular weight is 386 g/mol. The quantitative estimate of drug-likeness (QED) is 0.769. The number of nitrogens with zero attached hydrogens (tertiary/aromatic N) is 5. The highest BCUT2D eigenvalue weighted by atomic mass is 16.5. The van der Waals surface area contributed by atoms with Crippen LogP contribution >= 0.6 is 0 Å². The van der Waals surface area contributed by atoms with Crippen LogP contribution in [0.4, 0.5) is 4.79 Å². The molecule has 1 aromatic heterocycles. The van der Waals surface area contributed by atoms with Crippen LogP contribution in [-0.4, -0.2) is 50.3 Å². The maximum absolute atomic E-state index is 13.2. The molecule has 0 saturated carbocycles. The number of carbonyl (C=O) groups excluding carboxylic acids is 2. The summed E-state index contributed by atoms with van der Waals surface area (Å²) in [6.07, 6.45) is 1.63. The van der Waals surface area contributed by atoms with Crippen LogP contribution < -0.4 is 14.8 Å². The molecule has 1 saturated heterocycles. The summed E-state index contributed by atoms with van der Waals surface area (Å²) in [5, 5.41) is 14.3. The Labute approximate surface area is 161 Å². The number of rotatable bonds is 5. The maximum Gasteiger partial charge on any atom is 0.325 e. The van der Waals surface area contributed by atoms with E-state index in [1.54, 1.807) is 29.8 Å². The molecular weight excluding hydrogens is 364 g/mol. The van der Waals surface area contributed by atoms with Crippen molar-refractivity contribution < 1.29 is 19.1 Å². The van der Waals surface area contributed by atoms with Gasteiger partial charge >= 0.3 is 6.03 Å². The van der Waals surface area contributed by atoms with Gasteiger partial charge in [0.15, 0.2) is 17.3 Å². The van der Waals surface area contributed by atoms with E-state index in [4.69, 9.17) is 9.47 Å². The molecule has 1 fully saturated rings. The van der Waals surface area contributed by atoms with E-state index in [0.717, 1.165) is 17.7 Å². The second kappa shape index (κ2) is 7.10. The first-order valence-corrected chi connectivity index (χ1v) is 9.32. The van der Waals surface area contributed by atoms with Crippen LogP contribution in [0.2, 0.25) is 0 Å². The summed E-state index contributed by atoms with van der Waals surface area (Å²) in [6, 6.07) is 4.82. The van der Waals surface area contributed by atoms with Crippen molar-refractivity contribution >= 4 is 11.9 Å². The first kappa shape index (κ1) is 18.2. The summed E-state index contributed by atoms with van der Waals surface area (Å²) in [5.41, 5.74) is -0.573. The van der Waals surface area contributed by atoms with Crippen LogP contribution in [0, 0.1) is 0 Å². The summed E-state index contributed by atoms with van der Waals surface area (Å²) in [5.74, 6) is 1.31. The van der Waals surface area contributed by atoms with Crippen LogP contribution in [0.5, 0.6) is 11.5 Å². The van der Waals surface area contributed by atoms with Gasteiger partial charge in [-0.3, -0.25) is 9.69 Å². The van der Waals surface area contributed by atoms with Crippen molar-refractivity contribution in [3.8, 4) is 11.5 Å². The molecule has 0 aliphatic carbocycles. The molecule has 4 rings (SSSR count). The van der Waals surface area contributed by atoms with Crippen LogP contribution in [0.3, 0.4) is 0 Å². The predicted molar refractivity (Wildman–Crippen MR) is 96.6 cm³/mol. The number of aryl methyl sites for hydroxylation is 1. The third kappa shape index (κ3) is 3.04. The lowest BCUT2D eigenvalue weighted by molar-refractivity contribution is -0.131. The number of amides is 3. The van der Waals surface area contributed by atoms with Crippen molar-refractivity contribution in [1.29, 1.82) is 0 Å². The molecule has 1 N–H and O–H groups in total. The van der Waals surface area contributed by atoms with E-state index in [2.05, 4.69) is 20.8 Å². The molecule has 0 spiro atoms. The second-order valence-corrected chi connectivity index (χ2v) is 6.98. The average Bonchev–Trinajstić information content (AvgIpc) is 3.09. The third-order valence-corrected chi connectivity index (χ3v) is 4.94. The lowest BCUT2D eigenvalue weighted by Crippen LogP contribution is -2.41. The molecule has 2 aromatic rings. The highest BCUT2D eigenvalue weighted by Gasteiger charge is 2.49. The predicted octanol–water partition coefficient (Wildman–Crippen LogP) is 1.21. The Kier molecular flexibility index (Phi) is 4.62. The van der Waals surface area contributed by atoms with Gasteiger partial charge in [-0.2, -0.15) is 0 Å². The monoisotopic (exact) mass is 386 g/mol. The van der Waals surface area contributed by atoms with Crippen molar-refractivity contribution in [2.24, 2.45) is 0 Å². The molecule has 10 nitrogen and oxygen atoms in total. The number of benzene rings is 1. The van der Waals surface area contributed by atoms with Crippen LogP contribution in [0.1, 0.15) is 38.1 Å². The number of carbonyl (C=O) groups is 2. The van der Waals surface area contributed by atoms with E-state index in [-0.39, 0.29) is 12.5 Å². The Bertz CT molecular complexity index is 913. The van der Waals surface area contributed by atoms with Crippen molar-refractivity contribution in [1.82, 2.24) is 30.4 Å². The van der Waals surface area contributed by atoms with Crippen molar-refractivity contribution in [3.63, 3.8) is 0 Å². The summed E-state index contributed by atoms with van der Waals surface area (Å²) in [6.45, 7) is 5.43. The van der Waals surface area contributed by atoms with Crippen molar-refractivity contribution in [2.45, 2.75) is 45.3 Å². The van der Waals surface area contributed by atoms with Crippen molar-refractivity contribution in [3.05, 3.63) is 29.6 Å². The van der Waals surface area contributed by atoms with E-state index >= 15 is 0 Å². The first-order valence-electron chi connectivity index (χ1n) is 9.32. The molecule has 0 bridgehead atoms. The summed E-state index contributed by atoms with van der Waals surface area (Å²) in [4.78, 5) is 26.9. The van der Waals surface area contributed by atoms with Crippen molar-refractivity contribution in [2.75, 3.05) is 13.2 Å². The van der Waals surface area contributed by atoms with Gasteiger partial charge in [0.2, 0.25) is 0 Å². The molecule has 10 heteroatoms. The summed E-state index contributed by atoms with van der Waals surface area (Å²) < 4.78 is 13.0. The summed E-state index contributed by atoms with van der Waals surface area (Å²) in [7, 11) is 0. The molecule has 2 aliphatic heterocycles. The number of hydrogen-bond donors (Lipinski definition) is 1. The molecule has 2 aliphatic rings. The largest absolute Gasteiger partial charge is 0.490 e. The Morgan fingerprint density at radius 2 is 2.00 bits per heavy atom. The van der Waals surface area contributed by atoms with Gasteiger partial charge in [0.05, 0.1) is 19.8 Å². The molecule has 148 valence electrons. The first-order chi connectivity index (χ1) is 13.5. The lowest BCUT2D eigenvalue weighted by Gasteiger charge is -2.23. The van der Waals surface area contributed by atoms with E-state index in [9.17, 15) is 9.59 Å². The number of ether oxygens (including phenoxy) is 2. The molecule has 28 heavy (non-hydrogen) atoms. The smallest absolute Gasteiger partial charge is 0.325 e. The Balaban J connectivity index is 1.60. The molecule has 1 aromatic carbocycles. The zero-order chi connectivity index (χ0) is 19.7. The van der Waals surface area contributed by atoms with Gasteiger partial charge in [0, 0.05) is 13.0 Å². The van der Waals surface area contributed by atoms with Crippen LogP contribution in [0.15, 0.2) is 18.2 Å². The molecule has 3 amide bonds. The van der Waals surface area contributed by atoms with Gasteiger partial charge in [-0.05, 0) is 41.5 Å². The SMILES string of the molecule is CCCn1nnnc1CN1C(=O)N[C@](C)(c2ccc3c(c2)OCCCO3)C1=O. The minimum atomic E-state index is -1.20. The van der Waals surface area contributed by atoms with E-state index in [1.807, 2.05) is 6.92 Å². The lowest BCUT2D eigenvalue weighted by atomic mass is 9.91. The number of imide groups is 1. The number of aromatic nitrogens is 4. The zero-order valence-electron chi connectivity index (χ0n) is 15.8. The topological polar surface area (TPSA) is 111 Å². The molecule has 0 radical (unpaired) electrons. The fraction of sp³-hybridized carbons (Fsp3) is 0.500. The zero-order valence-corrected chi connectivity index (χ0v) is 15.8. The molecule has 1 atom stereocenters. The van der Waals surface area contributed by atoms with Gasteiger partial charge in [-0.15, -0.1) is 5.10 Å². The fourth-order valence-corrected chi connectivity index (χ4v) is 3.37. The van der Waals surface area contributed by atoms with Gasteiger partial charge in [-0.1, -0.05) is 13.0 Å². The highest BCUT2D eigenvalue weighted by molar-refractivity contribution is 6.07. The van der Waals surface area contributed by atoms with Gasteiger partial charge < -0.3 is 14.8 Å². The van der Waals surface area contributed by atoms with Gasteiger partial charge in [-0.25, -0.2) is 9.48 Å². The van der Waals surface area contributed by atoms with Gasteiger partial charge in [0.25, 0.3) is 5.91 Å². The van der Waals surface area contributed by atoms with E-state index in [0.29, 0.717) is 42.6 Å². The number of hydrogen-bond acceptors (Lipinski definition) is 7. The molecule has 0 unspecified atom stereocenters. The Morgan fingerprint density at radius 1 is 1.21 bits per heavy atom. The standard InChI is InChI=1S/C18H22N6O4/c1-3-7-24-15(20-21-22-24)11-23-16(25)18(2,19-17(23)26)12-5-6-13-14(10-12)28-9-4-8-27-13/h5-6,10H,3-4,7-9,11H2,1-2H3,(H,19,26)/t18-/m1/s1. The third-order valence-electron chi connectivity index (χ3n) is 4.94. The minimum absolute atomic E-state index is 0.0117. The Morgan fingerprint density at radius 3 is 2.79 bits per heavy atom. The van der Waals surface area contributed by atoms with Gasteiger partial charge in [0.1, 0.15) is 5.54 Å². The number of fused-ring (bicyclic) bond motifs is 1. The Hall–Kier alpha value is -3.17. The fourth-order valence-electron chi connectivity index (χ4n) is 3.37. The second-order valence-electron chi connectivity index (χ2n) is 6.98. The molecule has 3 heterocycles. The van der Waals surface area contributed by atoms with E-state index < -0.39 is 11.6 Å². The normalized spacial score (nSPS) is 21.6. The highest BCUT2D eigenvalue weighted by Crippen LogP contribution is 2.36. The van der Waals surface area contributed by atoms with Crippen LogP contribution in [-0.2, 0) is 23.4 Å². The number of urea groups is 1. The number of tetrazole rings is 1. The number of nitrogens with one attached hydrogen (secondary N) is 1. The minimum Gasteiger partial charge on any atom is -0.490 e.